The Morgan fingerprint density at radius 1 is 1.38 bits per heavy atom. The Labute approximate surface area is 126 Å². The maximum Gasteiger partial charge on any atom is 0.138 e. The molecule has 0 spiro atoms. The van der Waals surface area contributed by atoms with Crippen LogP contribution in [0.3, 0.4) is 0 Å². The molecule has 21 heavy (non-hydrogen) atoms. The normalized spacial score (nSPS) is 14.2. The summed E-state index contributed by atoms with van der Waals surface area (Å²) in [6, 6.07) is 7.87. The van der Waals surface area contributed by atoms with Gasteiger partial charge in [0.1, 0.15) is 17.9 Å². The van der Waals surface area contributed by atoms with Gasteiger partial charge in [0.15, 0.2) is 0 Å². The first-order chi connectivity index (χ1) is 9.92. The second kappa shape index (κ2) is 6.26. The van der Waals surface area contributed by atoms with Crippen molar-refractivity contribution in [3.8, 4) is 5.75 Å². The molecule has 0 saturated heterocycles. The number of rotatable bonds is 6. The Kier molecular flexibility index (Phi) is 4.63. The highest BCUT2D eigenvalue weighted by Crippen LogP contribution is 2.25. The Hall–Kier alpha value is -1.88. The lowest BCUT2D eigenvalue weighted by Gasteiger charge is -2.25. The Balaban J connectivity index is 2.22. The largest absolute Gasteiger partial charge is 0.497 e. The second-order valence-corrected chi connectivity index (χ2v) is 6.08. The van der Waals surface area contributed by atoms with Crippen molar-refractivity contribution < 1.29 is 4.74 Å². The molecule has 114 valence electrons. The van der Waals surface area contributed by atoms with Crippen molar-refractivity contribution >= 4 is 0 Å². The van der Waals surface area contributed by atoms with E-state index >= 15 is 0 Å². The monoisotopic (exact) mass is 288 g/mol. The van der Waals surface area contributed by atoms with E-state index in [9.17, 15) is 0 Å². The molecule has 0 aliphatic carbocycles. The maximum atomic E-state index is 6.52. The third kappa shape index (κ3) is 3.82. The molecular formula is C16H24N4O. The van der Waals surface area contributed by atoms with Gasteiger partial charge >= 0.3 is 0 Å². The molecule has 1 aromatic carbocycles. The molecule has 0 amide bonds. The number of benzene rings is 1. The van der Waals surface area contributed by atoms with E-state index < -0.39 is 5.54 Å². The van der Waals surface area contributed by atoms with Crippen molar-refractivity contribution in [2.75, 3.05) is 7.11 Å². The van der Waals surface area contributed by atoms with Gasteiger partial charge in [-0.3, -0.25) is 0 Å². The van der Waals surface area contributed by atoms with Crippen molar-refractivity contribution in [3.05, 3.63) is 42.0 Å². The summed E-state index contributed by atoms with van der Waals surface area (Å²) in [4.78, 5) is 4.36. The van der Waals surface area contributed by atoms with Crippen LogP contribution in [-0.4, -0.2) is 21.9 Å². The fraction of sp³-hybridized carbons (Fsp3) is 0.500. The van der Waals surface area contributed by atoms with E-state index in [2.05, 4.69) is 23.9 Å². The number of nitrogens with two attached hydrogens (primary N) is 1. The van der Waals surface area contributed by atoms with Gasteiger partial charge < -0.3 is 10.5 Å². The molecule has 0 radical (unpaired) electrons. The van der Waals surface area contributed by atoms with E-state index in [0.29, 0.717) is 12.3 Å². The molecule has 5 nitrogen and oxygen atoms in total. The quantitative estimate of drug-likeness (QED) is 0.886. The number of hydrogen-bond acceptors (Lipinski definition) is 4. The number of hydrogen-bond donors (Lipinski definition) is 1. The van der Waals surface area contributed by atoms with Crippen molar-refractivity contribution in [3.63, 3.8) is 0 Å². The molecule has 1 unspecified atom stereocenters. The molecule has 0 saturated carbocycles. The van der Waals surface area contributed by atoms with Gasteiger partial charge in [0.2, 0.25) is 0 Å². The predicted octanol–water partition coefficient (Wildman–Crippen LogP) is 2.36. The van der Waals surface area contributed by atoms with E-state index in [1.54, 1.807) is 13.4 Å². The third-order valence-corrected chi connectivity index (χ3v) is 3.49. The number of methoxy groups -OCH3 is 1. The Morgan fingerprint density at radius 2 is 2.14 bits per heavy atom. The smallest absolute Gasteiger partial charge is 0.138 e. The van der Waals surface area contributed by atoms with E-state index in [1.165, 1.54) is 0 Å². The minimum atomic E-state index is -0.518. The molecule has 2 rings (SSSR count). The van der Waals surface area contributed by atoms with Crippen LogP contribution in [-0.2, 0) is 18.5 Å². The first-order valence-electron chi connectivity index (χ1n) is 7.22. The van der Waals surface area contributed by atoms with Crippen molar-refractivity contribution in [1.29, 1.82) is 0 Å². The van der Waals surface area contributed by atoms with Crippen LogP contribution < -0.4 is 10.5 Å². The fourth-order valence-electron chi connectivity index (χ4n) is 2.33. The van der Waals surface area contributed by atoms with Gasteiger partial charge in [-0.15, -0.1) is 0 Å². The molecular weight excluding hydrogens is 264 g/mol. The molecule has 0 aliphatic heterocycles. The van der Waals surface area contributed by atoms with E-state index in [0.717, 1.165) is 23.7 Å². The van der Waals surface area contributed by atoms with Gasteiger partial charge in [-0.05, 0) is 30.5 Å². The van der Waals surface area contributed by atoms with Gasteiger partial charge in [0.25, 0.3) is 0 Å². The minimum Gasteiger partial charge on any atom is -0.497 e. The number of ether oxygens (including phenoxy) is 1. The van der Waals surface area contributed by atoms with Gasteiger partial charge in [-0.25, -0.2) is 9.67 Å². The summed E-state index contributed by atoms with van der Waals surface area (Å²) in [6.07, 6.45) is 2.23. The molecule has 2 aromatic rings. The summed E-state index contributed by atoms with van der Waals surface area (Å²) >= 11 is 0. The van der Waals surface area contributed by atoms with E-state index in [1.807, 2.05) is 35.9 Å². The van der Waals surface area contributed by atoms with Crippen LogP contribution in [0.4, 0.5) is 0 Å². The van der Waals surface area contributed by atoms with Gasteiger partial charge in [-0.2, -0.15) is 5.10 Å². The molecule has 1 atom stereocenters. The molecule has 0 fully saturated rings. The predicted molar refractivity (Wildman–Crippen MR) is 83.1 cm³/mol. The Bertz CT molecular complexity index is 589. The van der Waals surface area contributed by atoms with Crippen LogP contribution in [0.15, 0.2) is 30.6 Å². The maximum absolute atomic E-state index is 6.52. The first kappa shape index (κ1) is 15.5. The van der Waals surface area contributed by atoms with Crippen LogP contribution in [0, 0.1) is 5.92 Å². The summed E-state index contributed by atoms with van der Waals surface area (Å²) < 4.78 is 7.21. The molecule has 0 aliphatic rings. The SMILES string of the molecule is COc1cccc(C(C)(N)Cc2ncnn2CC(C)C)c1. The lowest BCUT2D eigenvalue weighted by Crippen LogP contribution is -2.36. The summed E-state index contributed by atoms with van der Waals surface area (Å²) in [5, 5.41) is 4.29. The van der Waals surface area contributed by atoms with E-state index in [4.69, 9.17) is 10.5 Å². The number of aromatic nitrogens is 3. The third-order valence-electron chi connectivity index (χ3n) is 3.49. The fourth-order valence-corrected chi connectivity index (χ4v) is 2.33. The molecule has 0 bridgehead atoms. The lowest BCUT2D eigenvalue weighted by atomic mass is 9.89. The van der Waals surface area contributed by atoms with Crippen molar-refractivity contribution in [2.24, 2.45) is 11.7 Å². The molecule has 1 aromatic heterocycles. The van der Waals surface area contributed by atoms with Crippen LogP contribution >= 0.6 is 0 Å². The van der Waals surface area contributed by atoms with Crippen LogP contribution in [0.25, 0.3) is 0 Å². The van der Waals surface area contributed by atoms with Gasteiger partial charge in [0.05, 0.1) is 7.11 Å². The second-order valence-electron chi connectivity index (χ2n) is 6.08. The van der Waals surface area contributed by atoms with Gasteiger partial charge in [-0.1, -0.05) is 26.0 Å². The zero-order valence-electron chi connectivity index (χ0n) is 13.2. The molecule has 5 heteroatoms. The van der Waals surface area contributed by atoms with Crippen LogP contribution in [0.2, 0.25) is 0 Å². The standard InChI is InChI=1S/C16H24N4O/c1-12(2)10-20-15(18-11-19-20)9-16(3,17)13-6-5-7-14(8-13)21-4/h5-8,11-12H,9-10,17H2,1-4H3. The zero-order valence-corrected chi connectivity index (χ0v) is 13.2. The topological polar surface area (TPSA) is 66.0 Å². The van der Waals surface area contributed by atoms with Crippen LogP contribution in [0.1, 0.15) is 32.2 Å². The first-order valence-corrected chi connectivity index (χ1v) is 7.22. The van der Waals surface area contributed by atoms with E-state index in [-0.39, 0.29) is 0 Å². The van der Waals surface area contributed by atoms with Crippen molar-refractivity contribution in [1.82, 2.24) is 14.8 Å². The summed E-state index contributed by atoms with van der Waals surface area (Å²) in [5.74, 6) is 2.25. The van der Waals surface area contributed by atoms with Crippen molar-refractivity contribution in [2.45, 2.75) is 39.3 Å². The van der Waals surface area contributed by atoms with Crippen LogP contribution in [0.5, 0.6) is 5.75 Å². The average Bonchev–Trinajstić information content (AvgIpc) is 2.84. The summed E-state index contributed by atoms with van der Waals surface area (Å²) in [6.45, 7) is 7.18. The lowest BCUT2D eigenvalue weighted by molar-refractivity contribution is 0.405. The molecule has 1 heterocycles. The van der Waals surface area contributed by atoms with Gasteiger partial charge in [0, 0.05) is 18.5 Å². The minimum absolute atomic E-state index is 0.518. The average molecular weight is 288 g/mol. The highest BCUT2D eigenvalue weighted by molar-refractivity contribution is 5.33. The highest BCUT2D eigenvalue weighted by atomic mass is 16.5. The summed E-state index contributed by atoms with van der Waals surface area (Å²) in [7, 11) is 1.66. The highest BCUT2D eigenvalue weighted by Gasteiger charge is 2.25. The summed E-state index contributed by atoms with van der Waals surface area (Å²) in [5.41, 5.74) is 7.03. The number of nitrogens with zero attached hydrogens (tertiary/aromatic N) is 3. The molecule has 2 N–H and O–H groups in total. The zero-order chi connectivity index (χ0) is 15.5. The Morgan fingerprint density at radius 3 is 2.81 bits per heavy atom.